The van der Waals surface area contributed by atoms with E-state index in [9.17, 15) is 9.59 Å². The van der Waals surface area contributed by atoms with Gasteiger partial charge in [-0.15, -0.1) is 0 Å². The number of likely N-dealkylation sites (tertiary alicyclic amines) is 1. The number of piperidine rings is 1. The Hall–Kier alpha value is -1.10. The van der Waals surface area contributed by atoms with Gasteiger partial charge in [0, 0.05) is 12.6 Å². The van der Waals surface area contributed by atoms with Crippen molar-refractivity contribution in [3.8, 4) is 0 Å². The number of nitrogens with zero attached hydrogens (tertiary/aromatic N) is 1. The highest BCUT2D eigenvalue weighted by Gasteiger charge is 2.31. The lowest BCUT2D eigenvalue weighted by Crippen LogP contribution is -2.53. The third-order valence-electron chi connectivity index (χ3n) is 5.22. The van der Waals surface area contributed by atoms with Crippen LogP contribution in [0.5, 0.6) is 0 Å². The average molecular weight is 295 g/mol. The van der Waals surface area contributed by atoms with Crippen LogP contribution < -0.4 is 11.1 Å². The van der Waals surface area contributed by atoms with Gasteiger partial charge in [-0.2, -0.15) is 0 Å². The number of nitrogens with two attached hydrogens (primary N) is 1. The van der Waals surface area contributed by atoms with Gasteiger partial charge in [0.2, 0.25) is 11.8 Å². The van der Waals surface area contributed by atoms with Gasteiger partial charge in [-0.3, -0.25) is 14.5 Å². The lowest BCUT2D eigenvalue weighted by atomic mass is 9.86. The van der Waals surface area contributed by atoms with Crippen LogP contribution in [0.25, 0.3) is 0 Å². The molecule has 0 spiro atoms. The minimum atomic E-state index is -0.242. The molecular formula is C16H29N3O2. The van der Waals surface area contributed by atoms with Crippen LogP contribution in [0.4, 0.5) is 0 Å². The molecular weight excluding hydrogens is 266 g/mol. The normalized spacial score (nSPS) is 32.4. The molecule has 0 aromatic rings. The standard InChI is InChI=1S/C16H29N3O2/c1-11-6-3-4-8-14(11)18-16(21)12(2)19-9-5-7-13(10-19)15(17)20/h11-14H,3-10H2,1-2H3,(H2,17,20)(H,18,21)/t11-,12+,13-,14-/m0/s1. The van der Waals surface area contributed by atoms with Crippen molar-refractivity contribution < 1.29 is 9.59 Å². The summed E-state index contributed by atoms with van der Waals surface area (Å²) < 4.78 is 0. The molecule has 0 unspecified atom stereocenters. The van der Waals surface area contributed by atoms with Gasteiger partial charge in [0.15, 0.2) is 0 Å². The molecule has 0 aromatic carbocycles. The fraction of sp³-hybridized carbons (Fsp3) is 0.875. The van der Waals surface area contributed by atoms with E-state index in [1.54, 1.807) is 0 Å². The summed E-state index contributed by atoms with van der Waals surface area (Å²) in [5, 5.41) is 3.21. The summed E-state index contributed by atoms with van der Waals surface area (Å²) in [5.74, 6) is 0.310. The van der Waals surface area contributed by atoms with Gasteiger partial charge in [0.1, 0.15) is 0 Å². The van der Waals surface area contributed by atoms with Crippen molar-refractivity contribution in [3.63, 3.8) is 0 Å². The van der Waals surface area contributed by atoms with Crippen molar-refractivity contribution in [1.29, 1.82) is 0 Å². The van der Waals surface area contributed by atoms with Gasteiger partial charge < -0.3 is 11.1 Å². The maximum absolute atomic E-state index is 12.5. The monoisotopic (exact) mass is 295 g/mol. The van der Waals surface area contributed by atoms with E-state index < -0.39 is 0 Å². The number of amides is 2. The topological polar surface area (TPSA) is 75.4 Å². The van der Waals surface area contributed by atoms with E-state index in [4.69, 9.17) is 5.73 Å². The van der Waals surface area contributed by atoms with Crippen molar-refractivity contribution in [3.05, 3.63) is 0 Å². The molecule has 2 fully saturated rings. The fourth-order valence-corrected chi connectivity index (χ4v) is 3.59. The van der Waals surface area contributed by atoms with Crippen molar-refractivity contribution in [2.75, 3.05) is 13.1 Å². The summed E-state index contributed by atoms with van der Waals surface area (Å²) in [7, 11) is 0. The molecule has 0 bridgehead atoms. The van der Waals surface area contributed by atoms with Crippen LogP contribution in [0.1, 0.15) is 52.4 Å². The highest BCUT2D eigenvalue weighted by atomic mass is 16.2. The Labute approximate surface area is 127 Å². The first kappa shape index (κ1) is 16.3. The Bertz CT molecular complexity index is 386. The summed E-state index contributed by atoms with van der Waals surface area (Å²) in [4.78, 5) is 25.9. The summed E-state index contributed by atoms with van der Waals surface area (Å²) in [6.45, 7) is 5.65. The molecule has 0 aromatic heterocycles. The summed E-state index contributed by atoms with van der Waals surface area (Å²) in [6.07, 6.45) is 6.55. The zero-order valence-electron chi connectivity index (χ0n) is 13.3. The zero-order chi connectivity index (χ0) is 15.4. The van der Waals surface area contributed by atoms with Crippen LogP contribution in [0, 0.1) is 11.8 Å². The molecule has 2 rings (SSSR count). The van der Waals surface area contributed by atoms with E-state index >= 15 is 0 Å². The predicted molar refractivity (Wildman–Crippen MR) is 82.5 cm³/mol. The molecule has 5 nitrogen and oxygen atoms in total. The number of carbonyl (C=O) groups excluding carboxylic acids is 2. The molecule has 1 heterocycles. The highest BCUT2D eigenvalue weighted by Crippen LogP contribution is 2.24. The van der Waals surface area contributed by atoms with Gasteiger partial charge in [-0.1, -0.05) is 19.8 Å². The maximum Gasteiger partial charge on any atom is 0.237 e. The first-order valence-corrected chi connectivity index (χ1v) is 8.32. The van der Waals surface area contributed by atoms with Crippen LogP contribution in [0.15, 0.2) is 0 Å². The van der Waals surface area contributed by atoms with Gasteiger partial charge in [-0.25, -0.2) is 0 Å². The molecule has 120 valence electrons. The predicted octanol–water partition coefficient (Wildman–Crippen LogP) is 1.27. The Morgan fingerprint density at radius 2 is 1.90 bits per heavy atom. The number of hydrogen-bond acceptors (Lipinski definition) is 3. The number of carbonyl (C=O) groups is 2. The Balaban J connectivity index is 1.87. The Morgan fingerprint density at radius 3 is 2.57 bits per heavy atom. The van der Waals surface area contributed by atoms with E-state index in [1.165, 1.54) is 19.3 Å². The second-order valence-electron chi connectivity index (χ2n) is 6.79. The Morgan fingerprint density at radius 1 is 1.19 bits per heavy atom. The molecule has 1 aliphatic heterocycles. The summed E-state index contributed by atoms with van der Waals surface area (Å²) in [5.41, 5.74) is 5.41. The van der Waals surface area contributed by atoms with Crippen LogP contribution in [0.3, 0.4) is 0 Å². The third kappa shape index (κ3) is 4.19. The second kappa shape index (κ2) is 7.25. The number of primary amides is 1. The number of rotatable bonds is 4. The van der Waals surface area contributed by atoms with E-state index in [0.29, 0.717) is 18.5 Å². The molecule has 5 heteroatoms. The lowest BCUT2D eigenvalue weighted by molar-refractivity contribution is -0.130. The quantitative estimate of drug-likeness (QED) is 0.820. The van der Waals surface area contributed by atoms with E-state index in [2.05, 4.69) is 17.1 Å². The highest BCUT2D eigenvalue weighted by molar-refractivity contribution is 5.82. The van der Waals surface area contributed by atoms with Crippen molar-refractivity contribution in [2.24, 2.45) is 17.6 Å². The Kier molecular flexibility index (Phi) is 5.62. The fourth-order valence-electron chi connectivity index (χ4n) is 3.59. The van der Waals surface area contributed by atoms with Gasteiger partial charge >= 0.3 is 0 Å². The summed E-state index contributed by atoms with van der Waals surface area (Å²) >= 11 is 0. The van der Waals surface area contributed by atoms with Gasteiger partial charge in [0.25, 0.3) is 0 Å². The first-order valence-electron chi connectivity index (χ1n) is 8.32. The van der Waals surface area contributed by atoms with Crippen molar-refractivity contribution in [1.82, 2.24) is 10.2 Å². The summed E-state index contributed by atoms with van der Waals surface area (Å²) in [6, 6.07) is 0.131. The third-order valence-corrected chi connectivity index (χ3v) is 5.22. The SMILES string of the molecule is C[C@H](C(=O)N[C@H]1CCCC[C@@H]1C)N1CCC[C@H](C(N)=O)C1. The number of nitrogens with one attached hydrogen (secondary N) is 1. The molecule has 4 atom stereocenters. The molecule has 1 saturated carbocycles. The maximum atomic E-state index is 12.5. The van der Waals surface area contributed by atoms with Crippen molar-refractivity contribution in [2.45, 2.75) is 64.5 Å². The van der Waals surface area contributed by atoms with Crippen LogP contribution in [0.2, 0.25) is 0 Å². The zero-order valence-corrected chi connectivity index (χ0v) is 13.3. The van der Waals surface area contributed by atoms with Crippen LogP contribution in [-0.2, 0) is 9.59 Å². The molecule has 1 aliphatic carbocycles. The average Bonchev–Trinajstić information content (AvgIpc) is 2.49. The molecule has 21 heavy (non-hydrogen) atoms. The minimum absolute atomic E-state index is 0.0962. The van der Waals surface area contributed by atoms with Crippen molar-refractivity contribution >= 4 is 11.8 Å². The molecule has 2 aliphatic rings. The molecule has 0 radical (unpaired) electrons. The first-order chi connectivity index (χ1) is 9.99. The van der Waals surface area contributed by atoms with E-state index in [-0.39, 0.29) is 23.8 Å². The lowest BCUT2D eigenvalue weighted by Gasteiger charge is -2.36. The van der Waals surface area contributed by atoms with E-state index in [1.807, 2.05) is 6.92 Å². The van der Waals surface area contributed by atoms with Crippen LogP contribution in [-0.4, -0.2) is 41.9 Å². The van der Waals surface area contributed by atoms with E-state index in [0.717, 1.165) is 25.8 Å². The second-order valence-corrected chi connectivity index (χ2v) is 6.79. The van der Waals surface area contributed by atoms with Gasteiger partial charge in [-0.05, 0) is 45.1 Å². The number of hydrogen-bond donors (Lipinski definition) is 2. The minimum Gasteiger partial charge on any atom is -0.369 e. The smallest absolute Gasteiger partial charge is 0.237 e. The van der Waals surface area contributed by atoms with Gasteiger partial charge in [0.05, 0.1) is 12.0 Å². The molecule has 2 amide bonds. The largest absolute Gasteiger partial charge is 0.369 e. The molecule has 1 saturated heterocycles. The molecule has 3 N–H and O–H groups in total. The van der Waals surface area contributed by atoms with Crippen LogP contribution >= 0.6 is 0 Å².